The Labute approximate surface area is 124 Å². The van der Waals surface area contributed by atoms with Crippen LogP contribution in [0.3, 0.4) is 0 Å². The summed E-state index contributed by atoms with van der Waals surface area (Å²) in [4.78, 5) is 0. The van der Waals surface area contributed by atoms with Gasteiger partial charge >= 0.3 is 0 Å². The minimum Gasteiger partial charge on any atom is -0.310 e. The van der Waals surface area contributed by atoms with E-state index in [4.69, 9.17) is 0 Å². The molecule has 0 aromatic heterocycles. The van der Waals surface area contributed by atoms with Crippen LogP contribution in [0.15, 0.2) is 18.2 Å². The number of hydrogen-bond acceptors (Lipinski definition) is 1. The Morgan fingerprint density at radius 2 is 2.00 bits per heavy atom. The Morgan fingerprint density at radius 1 is 1.28 bits per heavy atom. The molecule has 3 heteroatoms. The average Bonchev–Trinajstić information content (AvgIpc) is 2.32. The zero-order chi connectivity index (χ0) is 13.5. The first-order valence-corrected chi connectivity index (χ1v) is 7.86. The number of hydrogen-bond donors (Lipinski definition) is 1. The lowest BCUT2D eigenvalue weighted by atomic mass is 9.91. The fourth-order valence-corrected chi connectivity index (χ4v) is 3.11. The number of benzene rings is 1. The average molecular weight is 363 g/mol. The lowest BCUT2D eigenvalue weighted by Gasteiger charge is -2.26. The van der Waals surface area contributed by atoms with Gasteiger partial charge in [0.15, 0.2) is 0 Å². The van der Waals surface area contributed by atoms with E-state index < -0.39 is 0 Å². The topological polar surface area (TPSA) is 12.0 Å². The van der Waals surface area contributed by atoms with Gasteiger partial charge in [-0.3, -0.25) is 0 Å². The summed E-state index contributed by atoms with van der Waals surface area (Å²) < 4.78 is 14.2. The van der Waals surface area contributed by atoms with Crippen molar-refractivity contribution in [3.8, 4) is 0 Å². The molecular formula is C15H23FIN. The summed E-state index contributed by atoms with van der Waals surface area (Å²) in [5, 5.41) is 3.60. The molecule has 0 fully saturated rings. The maximum Gasteiger partial charge on any atom is 0.124 e. The molecule has 0 bridgehead atoms. The first-order chi connectivity index (χ1) is 8.60. The smallest absolute Gasteiger partial charge is 0.124 e. The van der Waals surface area contributed by atoms with Crippen LogP contribution in [0.5, 0.6) is 0 Å². The van der Waals surface area contributed by atoms with Gasteiger partial charge in [0.1, 0.15) is 5.82 Å². The molecule has 1 aromatic carbocycles. The van der Waals surface area contributed by atoms with Crippen molar-refractivity contribution >= 4 is 22.6 Å². The van der Waals surface area contributed by atoms with E-state index in [-0.39, 0.29) is 5.82 Å². The van der Waals surface area contributed by atoms with Gasteiger partial charge in [0.25, 0.3) is 0 Å². The third-order valence-electron chi connectivity index (χ3n) is 3.22. The van der Waals surface area contributed by atoms with Gasteiger partial charge in [0.2, 0.25) is 0 Å². The van der Waals surface area contributed by atoms with Gasteiger partial charge in [-0.05, 0) is 65.6 Å². The zero-order valence-electron chi connectivity index (χ0n) is 11.5. The van der Waals surface area contributed by atoms with Crippen LogP contribution in [0.1, 0.15) is 51.6 Å². The largest absolute Gasteiger partial charge is 0.310 e. The van der Waals surface area contributed by atoms with Gasteiger partial charge in [0, 0.05) is 9.61 Å². The molecule has 1 rings (SSSR count). The van der Waals surface area contributed by atoms with Gasteiger partial charge in [-0.15, -0.1) is 0 Å². The fourth-order valence-electron chi connectivity index (χ4n) is 2.29. The Hall–Kier alpha value is -0.160. The van der Waals surface area contributed by atoms with Crippen LogP contribution in [0.25, 0.3) is 0 Å². The van der Waals surface area contributed by atoms with Crippen LogP contribution in [0.2, 0.25) is 0 Å². The Balaban J connectivity index is 2.93. The Bertz CT molecular complexity index is 368. The molecule has 0 radical (unpaired) electrons. The van der Waals surface area contributed by atoms with Crippen LogP contribution in [0.4, 0.5) is 4.39 Å². The minimum atomic E-state index is -0.152. The van der Waals surface area contributed by atoms with Crippen LogP contribution in [-0.2, 0) is 0 Å². The second-order valence-electron chi connectivity index (χ2n) is 4.86. The normalized spacial score (nSPS) is 14.5. The molecule has 0 saturated heterocycles. The van der Waals surface area contributed by atoms with E-state index in [1.54, 1.807) is 12.1 Å². The second kappa shape index (κ2) is 8.10. The first kappa shape index (κ1) is 15.9. The SMILES string of the molecule is CCCNC(c1ccc(F)cc1I)C(C)CCC. The molecule has 2 atom stereocenters. The molecule has 102 valence electrons. The summed E-state index contributed by atoms with van der Waals surface area (Å²) in [7, 11) is 0. The molecule has 0 spiro atoms. The Morgan fingerprint density at radius 3 is 2.56 bits per heavy atom. The quantitative estimate of drug-likeness (QED) is 0.679. The van der Waals surface area contributed by atoms with Gasteiger partial charge in [-0.25, -0.2) is 4.39 Å². The van der Waals surface area contributed by atoms with E-state index in [2.05, 4.69) is 48.7 Å². The highest BCUT2D eigenvalue weighted by Crippen LogP contribution is 2.29. The predicted molar refractivity (Wildman–Crippen MR) is 84.2 cm³/mol. The van der Waals surface area contributed by atoms with Crippen molar-refractivity contribution in [2.75, 3.05) is 6.54 Å². The molecule has 0 aliphatic rings. The molecular weight excluding hydrogens is 340 g/mol. The molecule has 2 unspecified atom stereocenters. The van der Waals surface area contributed by atoms with Crippen LogP contribution >= 0.6 is 22.6 Å². The van der Waals surface area contributed by atoms with Crippen molar-refractivity contribution in [1.29, 1.82) is 0 Å². The van der Waals surface area contributed by atoms with E-state index >= 15 is 0 Å². The summed E-state index contributed by atoms with van der Waals surface area (Å²) in [6.45, 7) is 7.66. The molecule has 18 heavy (non-hydrogen) atoms. The van der Waals surface area contributed by atoms with Crippen LogP contribution < -0.4 is 5.32 Å². The number of halogens is 2. The third-order valence-corrected chi connectivity index (χ3v) is 4.16. The maximum absolute atomic E-state index is 13.2. The molecule has 0 aliphatic heterocycles. The summed E-state index contributed by atoms with van der Waals surface area (Å²) in [5.41, 5.74) is 1.23. The molecule has 1 nitrogen and oxygen atoms in total. The summed E-state index contributed by atoms with van der Waals surface area (Å²) >= 11 is 2.23. The Kier molecular flexibility index (Phi) is 7.15. The highest BCUT2D eigenvalue weighted by molar-refractivity contribution is 14.1. The van der Waals surface area contributed by atoms with Crippen LogP contribution in [-0.4, -0.2) is 6.54 Å². The van der Waals surface area contributed by atoms with Crippen molar-refractivity contribution in [2.45, 2.75) is 46.1 Å². The van der Waals surface area contributed by atoms with Crippen molar-refractivity contribution in [2.24, 2.45) is 5.92 Å². The molecule has 0 heterocycles. The zero-order valence-corrected chi connectivity index (χ0v) is 13.6. The minimum absolute atomic E-state index is 0.152. The molecule has 1 N–H and O–H groups in total. The van der Waals surface area contributed by atoms with Crippen LogP contribution in [0, 0.1) is 15.3 Å². The predicted octanol–water partition coefficient (Wildman–Crippen LogP) is 4.91. The van der Waals surface area contributed by atoms with E-state index in [1.807, 2.05) is 6.07 Å². The van der Waals surface area contributed by atoms with Gasteiger partial charge in [-0.2, -0.15) is 0 Å². The second-order valence-corrected chi connectivity index (χ2v) is 6.03. The van der Waals surface area contributed by atoms with Gasteiger partial charge in [0.05, 0.1) is 0 Å². The van der Waals surface area contributed by atoms with Gasteiger partial charge in [-0.1, -0.05) is 33.3 Å². The van der Waals surface area contributed by atoms with E-state index in [1.165, 1.54) is 18.4 Å². The van der Waals surface area contributed by atoms with Crippen molar-refractivity contribution < 1.29 is 4.39 Å². The van der Waals surface area contributed by atoms with Crippen molar-refractivity contribution in [3.05, 3.63) is 33.1 Å². The summed E-state index contributed by atoms with van der Waals surface area (Å²) in [6, 6.07) is 5.44. The fraction of sp³-hybridized carbons (Fsp3) is 0.600. The van der Waals surface area contributed by atoms with Crippen molar-refractivity contribution in [3.63, 3.8) is 0 Å². The first-order valence-electron chi connectivity index (χ1n) is 6.78. The van der Waals surface area contributed by atoms with E-state index in [0.29, 0.717) is 12.0 Å². The third kappa shape index (κ3) is 4.50. The highest BCUT2D eigenvalue weighted by Gasteiger charge is 2.20. The summed E-state index contributed by atoms with van der Waals surface area (Å²) in [6.07, 6.45) is 3.49. The highest BCUT2D eigenvalue weighted by atomic mass is 127. The lowest BCUT2D eigenvalue weighted by Crippen LogP contribution is -2.28. The molecule has 0 aliphatic carbocycles. The summed E-state index contributed by atoms with van der Waals surface area (Å²) in [5.74, 6) is 0.418. The standard InChI is InChI=1S/C15H23FIN/c1-4-6-11(3)15(18-9-5-2)13-8-7-12(16)10-14(13)17/h7-8,10-11,15,18H,4-6,9H2,1-3H3. The molecule has 0 amide bonds. The van der Waals surface area contributed by atoms with E-state index in [0.717, 1.165) is 16.5 Å². The number of rotatable bonds is 7. The van der Waals surface area contributed by atoms with E-state index in [9.17, 15) is 4.39 Å². The maximum atomic E-state index is 13.2. The molecule has 0 saturated carbocycles. The van der Waals surface area contributed by atoms with Gasteiger partial charge < -0.3 is 5.32 Å². The number of nitrogens with one attached hydrogen (secondary N) is 1. The molecule has 1 aromatic rings. The lowest BCUT2D eigenvalue weighted by molar-refractivity contribution is 0.362. The monoisotopic (exact) mass is 363 g/mol. The van der Waals surface area contributed by atoms with Crippen molar-refractivity contribution in [1.82, 2.24) is 5.32 Å².